The molecule has 0 radical (unpaired) electrons. The minimum atomic E-state index is -5.69. The van der Waals surface area contributed by atoms with Crippen LogP contribution in [0.25, 0.3) is 0 Å². The molecule has 24 nitrogen and oxygen atoms in total. The summed E-state index contributed by atoms with van der Waals surface area (Å²) in [6.45, 7) is 3.45. The van der Waals surface area contributed by atoms with Gasteiger partial charge in [0, 0.05) is 19.3 Å². The summed E-state index contributed by atoms with van der Waals surface area (Å²) in [5, 5.41) is 110. The van der Waals surface area contributed by atoms with E-state index in [2.05, 4.69) is 32.9 Å². The van der Waals surface area contributed by atoms with Crippen LogP contribution in [0.1, 0.15) is 303 Å². The number of esters is 3. The molecule has 0 spiro atoms. The maximum absolute atomic E-state index is 14.3. The van der Waals surface area contributed by atoms with E-state index in [0.29, 0.717) is 19.3 Å². The Hall–Kier alpha value is -2.30. The summed E-state index contributed by atoms with van der Waals surface area (Å²) in [6, 6.07) is 0. The lowest BCUT2D eigenvalue weighted by Gasteiger charge is -2.49. The Labute approximate surface area is 586 Å². The number of carbonyl (C=O) groups excluding carboxylic acids is 3. The van der Waals surface area contributed by atoms with Crippen LogP contribution in [0, 0.1) is 0 Å². The molecule has 3 aliphatic rings. The fraction of sp³-hybridized carbons (Fsp3) is 0.932. The van der Waals surface area contributed by atoms with Crippen molar-refractivity contribution in [3.8, 4) is 0 Å². The second-order valence-electron chi connectivity index (χ2n) is 27.7. The summed E-state index contributed by atoms with van der Waals surface area (Å²) < 4.78 is 65.0. The zero-order chi connectivity index (χ0) is 71.8. The van der Waals surface area contributed by atoms with Crippen molar-refractivity contribution < 1.29 is 117 Å². The minimum Gasteiger partial charge on any atom is -0.463 e. The molecule has 18 atom stereocenters. The molecular formula is C73H135O24P. The van der Waals surface area contributed by atoms with Crippen LogP contribution in [-0.4, -0.2) is 204 Å². The van der Waals surface area contributed by atoms with Crippen molar-refractivity contribution in [3.05, 3.63) is 12.2 Å². The molecule has 0 aromatic carbocycles. The van der Waals surface area contributed by atoms with Crippen molar-refractivity contribution in [3.63, 3.8) is 0 Å². The molecule has 2 aliphatic heterocycles. The Morgan fingerprint density at radius 2 is 0.714 bits per heavy atom. The second kappa shape index (κ2) is 55.2. The van der Waals surface area contributed by atoms with Gasteiger partial charge in [0.15, 0.2) is 18.7 Å². The van der Waals surface area contributed by atoms with Gasteiger partial charge in [-0.25, -0.2) is 4.57 Å². The van der Waals surface area contributed by atoms with Crippen LogP contribution in [0.3, 0.4) is 0 Å². The number of carbonyl (C=O) groups is 3. The largest absolute Gasteiger partial charge is 0.472 e. The van der Waals surface area contributed by atoms with E-state index in [-0.39, 0.29) is 19.3 Å². The first-order valence-electron chi connectivity index (χ1n) is 38.5. The summed E-state index contributed by atoms with van der Waals surface area (Å²) in [7, 11) is -5.69. The predicted octanol–water partition coefficient (Wildman–Crippen LogP) is 10.7. The van der Waals surface area contributed by atoms with Crippen molar-refractivity contribution in [1.82, 2.24) is 0 Å². The third-order valence-corrected chi connectivity index (χ3v) is 20.0. The zero-order valence-corrected chi connectivity index (χ0v) is 61.0. The zero-order valence-electron chi connectivity index (χ0n) is 60.1. The van der Waals surface area contributed by atoms with Crippen molar-refractivity contribution in [1.29, 1.82) is 0 Å². The maximum atomic E-state index is 14.3. The van der Waals surface area contributed by atoms with Gasteiger partial charge in [0.05, 0.1) is 13.2 Å². The lowest BCUT2D eigenvalue weighted by molar-refractivity contribution is -0.360. The molecule has 576 valence electrons. The van der Waals surface area contributed by atoms with E-state index in [0.717, 1.165) is 89.9 Å². The summed E-state index contributed by atoms with van der Waals surface area (Å²) in [5.74, 6) is -1.99. The van der Waals surface area contributed by atoms with E-state index in [1.165, 1.54) is 154 Å². The number of phosphoric ester groups is 1. The maximum Gasteiger partial charge on any atom is 0.472 e. The number of unbranched alkanes of at least 4 members (excludes halogenated alkanes) is 37. The smallest absolute Gasteiger partial charge is 0.463 e. The monoisotopic (exact) mass is 1430 g/mol. The van der Waals surface area contributed by atoms with Crippen LogP contribution in [-0.2, 0) is 61.2 Å². The fourth-order valence-corrected chi connectivity index (χ4v) is 13.7. The molecule has 3 rings (SSSR count). The lowest BCUT2D eigenvalue weighted by Crippen LogP contribution is -2.69. The average molecular weight is 1430 g/mol. The van der Waals surface area contributed by atoms with Gasteiger partial charge in [0.1, 0.15) is 98.7 Å². The van der Waals surface area contributed by atoms with Crippen LogP contribution in [0.5, 0.6) is 0 Å². The number of phosphoric acid groups is 1. The molecule has 0 aromatic rings. The minimum absolute atomic E-state index is 0.00966. The Morgan fingerprint density at radius 3 is 1.11 bits per heavy atom. The van der Waals surface area contributed by atoms with Gasteiger partial charge in [-0.15, -0.1) is 0 Å². The number of rotatable bonds is 60. The van der Waals surface area contributed by atoms with E-state index in [1.54, 1.807) is 0 Å². The number of allylic oxidation sites excluding steroid dienone is 2. The van der Waals surface area contributed by atoms with Crippen LogP contribution in [0.2, 0.25) is 0 Å². The van der Waals surface area contributed by atoms with Crippen LogP contribution < -0.4 is 0 Å². The molecule has 98 heavy (non-hydrogen) atoms. The fourth-order valence-electron chi connectivity index (χ4n) is 12.8. The van der Waals surface area contributed by atoms with Crippen molar-refractivity contribution in [2.24, 2.45) is 0 Å². The molecule has 0 amide bonds. The lowest BCUT2D eigenvalue weighted by atomic mass is 9.84. The van der Waals surface area contributed by atoms with Crippen molar-refractivity contribution in [2.75, 3.05) is 26.4 Å². The van der Waals surface area contributed by atoms with Crippen LogP contribution in [0.4, 0.5) is 0 Å². The van der Waals surface area contributed by atoms with Gasteiger partial charge in [-0.05, 0) is 44.9 Å². The molecule has 3 fully saturated rings. The van der Waals surface area contributed by atoms with E-state index in [9.17, 15) is 74.9 Å². The number of hydrogen-bond donors (Lipinski definition) is 11. The van der Waals surface area contributed by atoms with Crippen LogP contribution >= 0.6 is 7.82 Å². The number of ether oxygens (including phenoxy) is 7. The van der Waals surface area contributed by atoms with E-state index in [4.69, 9.17) is 42.2 Å². The highest BCUT2D eigenvalue weighted by Crippen LogP contribution is 2.49. The second-order valence-corrected chi connectivity index (χ2v) is 29.1. The first kappa shape index (κ1) is 89.9. The predicted molar refractivity (Wildman–Crippen MR) is 370 cm³/mol. The van der Waals surface area contributed by atoms with E-state index in [1.807, 2.05) is 0 Å². The molecule has 1 aliphatic carbocycles. The Bertz CT molecular complexity index is 2080. The normalized spacial score (nSPS) is 27.7. The first-order chi connectivity index (χ1) is 47.3. The Kier molecular flexibility index (Phi) is 50.7. The molecule has 2 heterocycles. The molecule has 18 unspecified atom stereocenters. The molecule has 1 saturated carbocycles. The molecule has 0 bridgehead atoms. The summed E-state index contributed by atoms with van der Waals surface area (Å²) >= 11 is 0. The van der Waals surface area contributed by atoms with Crippen molar-refractivity contribution in [2.45, 2.75) is 407 Å². The average Bonchev–Trinajstić information content (AvgIpc) is 0.763. The topological polar surface area (TPSA) is 374 Å². The Morgan fingerprint density at radius 1 is 0.388 bits per heavy atom. The van der Waals surface area contributed by atoms with Gasteiger partial charge >= 0.3 is 25.7 Å². The molecular weight excluding hydrogens is 1290 g/mol. The van der Waals surface area contributed by atoms with Crippen molar-refractivity contribution >= 4 is 25.7 Å². The number of aliphatic hydroxyl groups excluding tert-OH is 10. The first-order valence-corrected chi connectivity index (χ1v) is 40.0. The van der Waals surface area contributed by atoms with Gasteiger partial charge in [0.2, 0.25) is 0 Å². The SMILES string of the molecule is CCCCCCCCC/C=C\CCCCCC(=O)OCC1OC(OC2C(O)C(O)C(O)C(OC3OC(CO)C(O)C(O)C3O)C2OP(=O)(O)OCC(COC(=O)CCCCCCCCCCCCCCCCCC)OC(=O)CCCCCCCCCCCCCCC)C(O)C(O)C1O. The number of aliphatic hydroxyl groups is 10. The third kappa shape index (κ3) is 37.9. The van der Waals surface area contributed by atoms with Gasteiger partial charge in [-0.1, -0.05) is 251 Å². The summed E-state index contributed by atoms with van der Waals surface area (Å²) in [4.78, 5) is 51.0. The standard InChI is InChI=1S/C73H135O24P/c1-4-7-10-13-16-19-22-25-27-28-31-33-35-38-41-44-47-57(75)89-51-54(92-59(77)49-46-43-40-37-34-29-24-21-18-15-12-9-6-3)52-91-98(87,88)97-71-69(95-72-67(85)62(80)60(78)55(50-74)93-72)65(83)64(82)66(84)70(71)96-73-68(86)63(81)61(79)56(94-73)53-90-58(76)48-45-42-39-36-32-30-26-23-20-17-14-11-8-5-2/h30,32,54-56,60-74,78-86H,4-29,31,33-53H2,1-3H3,(H,87,88)/b32-30-. The van der Waals surface area contributed by atoms with E-state index < -0.39 is 156 Å². The molecule has 11 N–H and O–H groups in total. The van der Waals surface area contributed by atoms with Gasteiger partial charge in [-0.2, -0.15) is 0 Å². The Balaban J connectivity index is 1.73. The highest BCUT2D eigenvalue weighted by atomic mass is 31.2. The highest BCUT2D eigenvalue weighted by Gasteiger charge is 2.58. The van der Waals surface area contributed by atoms with E-state index >= 15 is 0 Å². The summed E-state index contributed by atoms with van der Waals surface area (Å²) in [6.07, 6.45) is 14.2. The van der Waals surface area contributed by atoms with Gasteiger partial charge < -0.3 is 89.1 Å². The third-order valence-electron chi connectivity index (χ3n) is 19.0. The van der Waals surface area contributed by atoms with Crippen LogP contribution in [0.15, 0.2) is 12.2 Å². The number of hydrogen-bond acceptors (Lipinski definition) is 23. The van der Waals surface area contributed by atoms with Gasteiger partial charge in [0.25, 0.3) is 0 Å². The quantitative estimate of drug-likeness (QED) is 0.00886. The molecule has 2 saturated heterocycles. The molecule has 0 aromatic heterocycles. The molecule has 25 heteroatoms. The summed E-state index contributed by atoms with van der Waals surface area (Å²) in [5.41, 5.74) is 0. The highest BCUT2D eigenvalue weighted by molar-refractivity contribution is 7.47. The van der Waals surface area contributed by atoms with Gasteiger partial charge in [-0.3, -0.25) is 23.4 Å².